The Hall–Kier alpha value is -2.64. The lowest BCUT2D eigenvalue weighted by atomic mass is 9.88. The molecule has 0 saturated carbocycles. The van der Waals surface area contributed by atoms with Gasteiger partial charge >= 0.3 is 5.97 Å². The van der Waals surface area contributed by atoms with Gasteiger partial charge in [0.05, 0.1) is 5.69 Å². The molecule has 2 N–H and O–H groups in total. The molecule has 2 aromatic carbocycles. The Morgan fingerprint density at radius 2 is 2.00 bits per heavy atom. The van der Waals surface area contributed by atoms with Crippen molar-refractivity contribution in [3.8, 4) is 11.1 Å². The van der Waals surface area contributed by atoms with Crippen LogP contribution in [0.15, 0.2) is 53.4 Å². The Balaban J connectivity index is 1.90. The van der Waals surface area contributed by atoms with Crippen LogP contribution < -0.4 is 5.32 Å². The first-order valence-corrected chi connectivity index (χ1v) is 10.6. The van der Waals surface area contributed by atoms with Gasteiger partial charge < -0.3 is 10.4 Å². The Kier molecular flexibility index (Phi) is 4.95. The van der Waals surface area contributed by atoms with Crippen molar-refractivity contribution in [2.24, 2.45) is 0 Å². The summed E-state index contributed by atoms with van der Waals surface area (Å²) in [5.74, 6) is -1.96. The third-order valence-electron chi connectivity index (χ3n) is 4.73. The molecule has 0 spiro atoms. The first-order chi connectivity index (χ1) is 13.5. The van der Waals surface area contributed by atoms with E-state index in [1.807, 2.05) is 30.5 Å². The number of aromatic carboxylic acids is 1. The van der Waals surface area contributed by atoms with Crippen LogP contribution in [-0.4, -0.2) is 23.2 Å². The summed E-state index contributed by atoms with van der Waals surface area (Å²) in [5, 5.41) is 12.6. The van der Waals surface area contributed by atoms with Crippen molar-refractivity contribution in [3.63, 3.8) is 0 Å². The standard InChI is InChI=1S/C21H16FNO3S2/c1-27-14-7-5-11(6-8-14)15-10-16(24)23-18-17(12-3-2-4-13(22)9-12)20(21(25)26)28-19(15)18/h2-9,15H,10H2,1H3,(H,23,24)(H,25,26). The summed E-state index contributed by atoms with van der Waals surface area (Å²) in [7, 11) is 0. The van der Waals surface area contributed by atoms with Gasteiger partial charge in [0.25, 0.3) is 0 Å². The molecule has 4 rings (SSSR count). The van der Waals surface area contributed by atoms with Crippen LogP contribution in [0.1, 0.15) is 32.5 Å². The molecule has 0 fully saturated rings. The number of rotatable bonds is 4. The molecule has 142 valence electrons. The molecule has 7 heteroatoms. The van der Waals surface area contributed by atoms with Crippen molar-refractivity contribution in [2.45, 2.75) is 17.2 Å². The maximum atomic E-state index is 13.8. The largest absolute Gasteiger partial charge is 0.477 e. The zero-order valence-electron chi connectivity index (χ0n) is 14.9. The fraction of sp³-hybridized carbons (Fsp3) is 0.143. The van der Waals surface area contributed by atoms with Gasteiger partial charge in [0.1, 0.15) is 10.7 Å². The molecule has 1 aromatic heterocycles. The van der Waals surface area contributed by atoms with E-state index in [1.54, 1.807) is 17.8 Å². The summed E-state index contributed by atoms with van der Waals surface area (Å²) in [4.78, 5) is 26.3. The summed E-state index contributed by atoms with van der Waals surface area (Å²) in [6.45, 7) is 0. The van der Waals surface area contributed by atoms with Crippen molar-refractivity contribution in [3.05, 3.63) is 69.7 Å². The number of carbonyl (C=O) groups excluding carboxylic acids is 1. The first kappa shape index (κ1) is 18.7. The lowest BCUT2D eigenvalue weighted by Crippen LogP contribution is -2.22. The van der Waals surface area contributed by atoms with E-state index in [9.17, 15) is 19.1 Å². The Morgan fingerprint density at radius 1 is 1.25 bits per heavy atom. The number of carboxylic acids is 1. The minimum absolute atomic E-state index is 0.100. The highest BCUT2D eigenvalue weighted by atomic mass is 32.2. The normalized spacial score (nSPS) is 15.8. The molecule has 4 nitrogen and oxygen atoms in total. The van der Waals surface area contributed by atoms with Gasteiger partial charge in [0.15, 0.2) is 0 Å². The number of thioether (sulfide) groups is 1. The van der Waals surface area contributed by atoms with Crippen LogP contribution in [0, 0.1) is 5.82 Å². The second-order valence-corrected chi connectivity index (χ2v) is 8.37. The summed E-state index contributed by atoms with van der Waals surface area (Å²) in [6, 6.07) is 13.7. The van der Waals surface area contributed by atoms with Crippen LogP contribution in [0.2, 0.25) is 0 Å². The number of hydrogen-bond acceptors (Lipinski definition) is 4. The van der Waals surface area contributed by atoms with Gasteiger partial charge in [0.2, 0.25) is 5.91 Å². The van der Waals surface area contributed by atoms with Gasteiger partial charge in [-0.3, -0.25) is 4.79 Å². The van der Waals surface area contributed by atoms with Crippen molar-refractivity contribution >= 4 is 40.7 Å². The van der Waals surface area contributed by atoms with Crippen LogP contribution in [0.5, 0.6) is 0 Å². The summed E-state index contributed by atoms with van der Waals surface area (Å²) < 4.78 is 13.8. The molecule has 0 bridgehead atoms. The molecule has 3 aromatic rings. The molecular weight excluding hydrogens is 397 g/mol. The van der Waals surface area contributed by atoms with E-state index in [1.165, 1.54) is 18.2 Å². The number of thiophene rings is 1. The van der Waals surface area contributed by atoms with E-state index in [2.05, 4.69) is 5.32 Å². The van der Waals surface area contributed by atoms with Crippen LogP contribution in [-0.2, 0) is 4.79 Å². The van der Waals surface area contributed by atoms with Gasteiger partial charge in [-0.05, 0) is 41.6 Å². The Morgan fingerprint density at radius 3 is 2.64 bits per heavy atom. The molecule has 1 amide bonds. The van der Waals surface area contributed by atoms with Crippen LogP contribution in [0.25, 0.3) is 11.1 Å². The highest BCUT2D eigenvalue weighted by Crippen LogP contribution is 2.49. The average molecular weight is 413 g/mol. The smallest absolute Gasteiger partial charge is 0.346 e. The van der Waals surface area contributed by atoms with E-state index in [4.69, 9.17) is 0 Å². The lowest BCUT2D eigenvalue weighted by molar-refractivity contribution is -0.116. The van der Waals surface area contributed by atoms with Crippen molar-refractivity contribution in [1.82, 2.24) is 0 Å². The number of anilines is 1. The minimum atomic E-state index is -1.09. The van der Waals surface area contributed by atoms with Crippen molar-refractivity contribution in [2.75, 3.05) is 11.6 Å². The number of halogens is 1. The molecule has 2 heterocycles. The highest BCUT2D eigenvalue weighted by molar-refractivity contribution is 7.98. The molecular formula is C21H16FNO3S2. The van der Waals surface area contributed by atoms with Gasteiger partial charge in [-0.2, -0.15) is 0 Å². The number of amides is 1. The highest BCUT2D eigenvalue weighted by Gasteiger charge is 2.34. The molecule has 0 aliphatic carbocycles. The molecule has 1 aliphatic heterocycles. The summed E-state index contributed by atoms with van der Waals surface area (Å²) in [6.07, 6.45) is 2.23. The van der Waals surface area contributed by atoms with Crippen LogP contribution in [0.4, 0.5) is 10.1 Å². The lowest BCUT2D eigenvalue weighted by Gasteiger charge is -2.24. The second-order valence-electron chi connectivity index (χ2n) is 6.44. The number of carbonyl (C=O) groups is 2. The maximum absolute atomic E-state index is 13.8. The van der Waals surface area contributed by atoms with Crippen molar-refractivity contribution < 1.29 is 19.1 Å². The quantitative estimate of drug-likeness (QED) is 0.558. The Bertz CT molecular complexity index is 1080. The van der Waals surface area contributed by atoms with E-state index in [-0.39, 0.29) is 23.1 Å². The third-order valence-corrected chi connectivity index (χ3v) is 6.77. The third kappa shape index (κ3) is 3.31. The number of fused-ring (bicyclic) bond motifs is 1. The van der Waals surface area contributed by atoms with Crippen LogP contribution in [0.3, 0.4) is 0 Å². The summed E-state index contributed by atoms with van der Waals surface area (Å²) >= 11 is 2.77. The van der Waals surface area contributed by atoms with E-state index in [0.29, 0.717) is 16.8 Å². The zero-order valence-corrected chi connectivity index (χ0v) is 16.5. The Labute approximate surface area is 169 Å². The minimum Gasteiger partial charge on any atom is -0.477 e. The van der Waals surface area contributed by atoms with E-state index in [0.717, 1.165) is 26.7 Å². The second kappa shape index (κ2) is 7.41. The predicted octanol–water partition coefficient (Wildman–Crippen LogP) is 5.45. The molecule has 1 atom stereocenters. The van der Waals surface area contributed by atoms with E-state index >= 15 is 0 Å². The molecule has 0 radical (unpaired) electrons. The fourth-order valence-electron chi connectivity index (χ4n) is 3.46. The van der Waals surface area contributed by atoms with Crippen LogP contribution >= 0.6 is 23.1 Å². The van der Waals surface area contributed by atoms with Crippen molar-refractivity contribution in [1.29, 1.82) is 0 Å². The first-order valence-electron chi connectivity index (χ1n) is 8.57. The monoisotopic (exact) mass is 413 g/mol. The predicted molar refractivity (Wildman–Crippen MR) is 110 cm³/mol. The van der Waals surface area contributed by atoms with Gasteiger partial charge in [-0.15, -0.1) is 23.1 Å². The maximum Gasteiger partial charge on any atom is 0.346 e. The number of hydrogen-bond donors (Lipinski definition) is 2. The van der Waals surface area contributed by atoms with Gasteiger partial charge in [0, 0.05) is 27.7 Å². The molecule has 1 aliphatic rings. The average Bonchev–Trinajstić information content (AvgIpc) is 3.07. The molecule has 0 saturated heterocycles. The number of carboxylic acid groups (broad SMARTS) is 1. The fourth-order valence-corrected chi connectivity index (χ4v) is 5.12. The zero-order chi connectivity index (χ0) is 19.8. The molecule has 28 heavy (non-hydrogen) atoms. The van der Waals surface area contributed by atoms with Gasteiger partial charge in [-0.25, -0.2) is 9.18 Å². The summed E-state index contributed by atoms with van der Waals surface area (Å²) in [5.41, 5.74) is 2.24. The SMILES string of the molecule is CSc1ccc(C2CC(=O)Nc3c2sc(C(=O)O)c3-c2cccc(F)c2)cc1. The molecule has 1 unspecified atom stereocenters. The number of benzene rings is 2. The topological polar surface area (TPSA) is 66.4 Å². The number of nitrogens with one attached hydrogen (secondary N) is 1. The van der Waals surface area contributed by atoms with Gasteiger partial charge in [-0.1, -0.05) is 24.3 Å². The van der Waals surface area contributed by atoms with E-state index < -0.39 is 11.8 Å².